The number of Topliss-reactive ketones (excluding diaryl/α,β-unsaturated/α-hetero) is 1. The molecule has 1 amide bonds. The minimum Gasteiger partial charge on any atom is -0.454 e. The fourth-order valence-electron chi connectivity index (χ4n) is 2.33. The van der Waals surface area contributed by atoms with Crippen molar-refractivity contribution in [2.45, 2.75) is 6.92 Å². The molecule has 6 nitrogen and oxygen atoms in total. The summed E-state index contributed by atoms with van der Waals surface area (Å²) in [5, 5.41) is 3.38. The number of rotatable bonds is 5. The molecule has 0 radical (unpaired) electrons. The van der Waals surface area contributed by atoms with Crippen molar-refractivity contribution in [1.29, 1.82) is 0 Å². The first-order chi connectivity index (χ1) is 12.0. The number of fused-ring (bicyclic) bond motifs is 1. The molecule has 0 aliphatic heterocycles. The fourth-order valence-corrected chi connectivity index (χ4v) is 2.33. The van der Waals surface area contributed by atoms with E-state index >= 15 is 0 Å². The van der Waals surface area contributed by atoms with E-state index in [1.165, 1.54) is 13.0 Å². The quantitative estimate of drug-likeness (QED) is 0.569. The first kappa shape index (κ1) is 16.4. The van der Waals surface area contributed by atoms with Crippen LogP contribution < -0.4 is 5.32 Å². The molecular weight excluding hydrogens is 322 g/mol. The Balaban J connectivity index is 1.65. The van der Waals surface area contributed by atoms with Crippen molar-refractivity contribution >= 4 is 34.3 Å². The van der Waals surface area contributed by atoms with Crippen LogP contribution in [0.5, 0.6) is 0 Å². The molecule has 0 aliphatic carbocycles. The van der Waals surface area contributed by atoms with E-state index in [1.54, 1.807) is 30.3 Å². The third-order valence-electron chi connectivity index (χ3n) is 3.45. The number of hydrogen-bond acceptors (Lipinski definition) is 5. The maximum atomic E-state index is 12.1. The standard InChI is InChI=1S/C19H15NO5/c1-12(21)20-15-7-4-6-14(9-15)19(23)24-11-16(22)18-10-13-5-2-3-8-17(13)25-18/h2-10H,11H2,1H3,(H,20,21). The number of nitrogens with one attached hydrogen (secondary N) is 1. The van der Waals surface area contributed by atoms with E-state index in [1.807, 2.05) is 18.2 Å². The zero-order chi connectivity index (χ0) is 17.8. The Labute approximate surface area is 143 Å². The first-order valence-corrected chi connectivity index (χ1v) is 7.59. The molecule has 2 aromatic carbocycles. The van der Waals surface area contributed by atoms with Gasteiger partial charge in [0, 0.05) is 18.0 Å². The predicted molar refractivity (Wildman–Crippen MR) is 91.6 cm³/mol. The molecule has 0 aliphatic rings. The van der Waals surface area contributed by atoms with Crippen molar-refractivity contribution in [3.63, 3.8) is 0 Å². The molecule has 1 N–H and O–H groups in total. The summed E-state index contributed by atoms with van der Waals surface area (Å²) in [4.78, 5) is 35.3. The average molecular weight is 337 g/mol. The zero-order valence-corrected chi connectivity index (χ0v) is 13.4. The molecule has 25 heavy (non-hydrogen) atoms. The Bertz CT molecular complexity index is 924. The number of carbonyl (C=O) groups is 3. The van der Waals surface area contributed by atoms with Crippen molar-refractivity contribution < 1.29 is 23.5 Å². The fraction of sp³-hybridized carbons (Fsp3) is 0.105. The van der Waals surface area contributed by atoms with E-state index in [9.17, 15) is 14.4 Å². The van der Waals surface area contributed by atoms with Crippen LogP contribution in [0, 0.1) is 0 Å². The molecule has 1 aromatic heterocycles. The summed E-state index contributed by atoms with van der Waals surface area (Å²) in [6.07, 6.45) is 0. The number of hydrogen-bond donors (Lipinski definition) is 1. The number of para-hydroxylation sites is 1. The summed E-state index contributed by atoms with van der Waals surface area (Å²) in [7, 11) is 0. The van der Waals surface area contributed by atoms with Gasteiger partial charge in [-0.2, -0.15) is 0 Å². The van der Waals surface area contributed by atoms with Gasteiger partial charge in [-0.3, -0.25) is 9.59 Å². The van der Waals surface area contributed by atoms with Gasteiger partial charge < -0.3 is 14.5 Å². The summed E-state index contributed by atoms with van der Waals surface area (Å²) in [6.45, 7) is 0.944. The Kier molecular flexibility index (Phi) is 4.61. The van der Waals surface area contributed by atoms with Crippen molar-refractivity contribution in [2.75, 3.05) is 11.9 Å². The van der Waals surface area contributed by atoms with Crippen LogP contribution in [0.15, 0.2) is 59.0 Å². The number of anilines is 1. The SMILES string of the molecule is CC(=O)Nc1cccc(C(=O)OCC(=O)c2cc3ccccc3o2)c1. The molecule has 0 atom stereocenters. The number of amides is 1. The van der Waals surface area contributed by atoms with Crippen molar-refractivity contribution in [3.8, 4) is 0 Å². The second-order valence-corrected chi connectivity index (χ2v) is 5.41. The molecule has 3 aromatic rings. The monoisotopic (exact) mass is 337 g/mol. The highest BCUT2D eigenvalue weighted by molar-refractivity contribution is 6.00. The maximum Gasteiger partial charge on any atom is 0.338 e. The normalized spacial score (nSPS) is 10.4. The number of ketones is 1. The van der Waals surface area contributed by atoms with Gasteiger partial charge in [-0.05, 0) is 30.3 Å². The van der Waals surface area contributed by atoms with Gasteiger partial charge >= 0.3 is 5.97 Å². The van der Waals surface area contributed by atoms with Crippen LogP contribution in [0.25, 0.3) is 11.0 Å². The van der Waals surface area contributed by atoms with Gasteiger partial charge in [0.1, 0.15) is 5.58 Å². The Morgan fingerprint density at radius 1 is 1.04 bits per heavy atom. The second kappa shape index (κ2) is 7.00. The van der Waals surface area contributed by atoms with Gasteiger partial charge in [-0.1, -0.05) is 24.3 Å². The van der Waals surface area contributed by atoms with Crippen LogP contribution in [0.3, 0.4) is 0 Å². The predicted octanol–water partition coefficient (Wildman–Crippen LogP) is 3.43. The molecule has 0 bridgehead atoms. The minimum atomic E-state index is -0.656. The van der Waals surface area contributed by atoms with E-state index in [0.717, 1.165) is 5.39 Å². The van der Waals surface area contributed by atoms with Gasteiger partial charge in [0.2, 0.25) is 11.7 Å². The van der Waals surface area contributed by atoms with Crippen LogP contribution in [0.4, 0.5) is 5.69 Å². The molecule has 0 fully saturated rings. The van der Waals surface area contributed by atoms with Crippen LogP contribution in [-0.2, 0) is 9.53 Å². The number of carbonyl (C=O) groups excluding carboxylic acids is 3. The lowest BCUT2D eigenvalue weighted by Gasteiger charge is -2.06. The van der Waals surface area contributed by atoms with Crippen molar-refractivity contribution in [1.82, 2.24) is 0 Å². The first-order valence-electron chi connectivity index (χ1n) is 7.59. The highest BCUT2D eigenvalue weighted by Gasteiger charge is 2.16. The third kappa shape index (κ3) is 3.92. The minimum absolute atomic E-state index is 0.140. The maximum absolute atomic E-state index is 12.1. The lowest BCUT2D eigenvalue weighted by Crippen LogP contribution is -2.14. The molecule has 126 valence electrons. The Morgan fingerprint density at radius 3 is 2.60 bits per heavy atom. The van der Waals surface area contributed by atoms with Crippen LogP contribution >= 0.6 is 0 Å². The van der Waals surface area contributed by atoms with Gasteiger partial charge in [-0.25, -0.2) is 4.79 Å². The van der Waals surface area contributed by atoms with Crippen LogP contribution in [-0.4, -0.2) is 24.3 Å². The molecular formula is C19H15NO5. The average Bonchev–Trinajstić information content (AvgIpc) is 3.03. The van der Waals surface area contributed by atoms with Gasteiger partial charge in [0.15, 0.2) is 12.4 Å². The van der Waals surface area contributed by atoms with Gasteiger partial charge in [0.05, 0.1) is 5.56 Å². The summed E-state index contributed by atoms with van der Waals surface area (Å²) in [6, 6.07) is 15.1. The molecule has 3 rings (SSSR count). The Morgan fingerprint density at radius 2 is 1.84 bits per heavy atom. The highest BCUT2D eigenvalue weighted by Crippen LogP contribution is 2.19. The number of ether oxygens (including phenoxy) is 1. The van der Waals surface area contributed by atoms with Crippen LogP contribution in [0.2, 0.25) is 0 Å². The van der Waals surface area contributed by atoms with E-state index in [2.05, 4.69) is 5.32 Å². The lowest BCUT2D eigenvalue weighted by atomic mass is 10.2. The van der Waals surface area contributed by atoms with Crippen molar-refractivity contribution in [2.24, 2.45) is 0 Å². The van der Waals surface area contributed by atoms with Crippen molar-refractivity contribution in [3.05, 3.63) is 65.9 Å². The molecule has 0 spiro atoms. The largest absolute Gasteiger partial charge is 0.454 e. The molecule has 0 saturated heterocycles. The highest BCUT2D eigenvalue weighted by atomic mass is 16.5. The molecule has 6 heteroatoms. The van der Waals surface area contributed by atoms with E-state index in [0.29, 0.717) is 11.3 Å². The van der Waals surface area contributed by atoms with E-state index in [-0.39, 0.29) is 17.2 Å². The third-order valence-corrected chi connectivity index (χ3v) is 3.45. The number of furan rings is 1. The summed E-state index contributed by atoms with van der Waals surface area (Å²) in [5.74, 6) is -1.19. The molecule has 0 unspecified atom stereocenters. The number of benzene rings is 2. The van der Waals surface area contributed by atoms with E-state index in [4.69, 9.17) is 9.15 Å². The summed E-state index contributed by atoms with van der Waals surface area (Å²) in [5.41, 5.74) is 1.31. The second-order valence-electron chi connectivity index (χ2n) is 5.41. The smallest absolute Gasteiger partial charge is 0.338 e. The topological polar surface area (TPSA) is 85.6 Å². The van der Waals surface area contributed by atoms with E-state index < -0.39 is 18.4 Å². The lowest BCUT2D eigenvalue weighted by molar-refractivity contribution is -0.114. The number of esters is 1. The summed E-state index contributed by atoms with van der Waals surface area (Å²) < 4.78 is 10.5. The zero-order valence-electron chi connectivity index (χ0n) is 13.4. The molecule has 1 heterocycles. The van der Waals surface area contributed by atoms with Gasteiger partial charge in [0.25, 0.3) is 0 Å². The van der Waals surface area contributed by atoms with Crippen LogP contribution in [0.1, 0.15) is 27.8 Å². The molecule has 0 saturated carbocycles. The van der Waals surface area contributed by atoms with Gasteiger partial charge in [-0.15, -0.1) is 0 Å². The Hall–Kier alpha value is -3.41. The summed E-state index contributed by atoms with van der Waals surface area (Å²) >= 11 is 0.